The number of carbonyl (C=O) groups excluding carboxylic acids is 1. The molecule has 0 radical (unpaired) electrons. The Morgan fingerprint density at radius 2 is 1.92 bits per heavy atom. The van der Waals surface area contributed by atoms with Crippen molar-refractivity contribution in [2.75, 3.05) is 5.32 Å². The molecular weight excluding hydrogens is 347 g/mol. The van der Waals surface area contributed by atoms with Crippen LogP contribution in [0.25, 0.3) is 6.08 Å². The van der Waals surface area contributed by atoms with Gasteiger partial charge in [-0.25, -0.2) is 4.39 Å². The molecule has 25 heavy (non-hydrogen) atoms. The maximum absolute atomic E-state index is 13.5. The van der Waals surface area contributed by atoms with Crippen molar-refractivity contribution in [2.24, 2.45) is 0 Å². The fourth-order valence-corrected chi connectivity index (χ4v) is 1.95. The average molecular weight is 360 g/mol. The summed E-state index contributed by atoms with van der Waals surface area (Å²) >= 11 is 4.93. The molecule has 7 nitrogen and oxygen atoms in total. The number of non-ortho nitro benzene ring substituents is 1. The average Bonchev–Trinajstić information content (AvgIpc) is 2.60. The number of nitrogens with zero attached hydrogens (tertiary/aromatic N) is 1. The molecule has 9 heteroatoms. The molecule has 0 heterocycles. The third kappa shape index (κ3) is 5.66. The number of carbonyl (C=O) groups is 1. The Morgan fingerprint density at radius 3 is 2.64 bits per heavy atom. The first-order chi connectivity index (χ1) is 12.0. The Hall–Kier alpha value is -3.33. The fraction of sp³-hybridized carbons (Fsp3) is 0. The van der Waals surface area contributed by atoms with Gasteiger partial charge in [0.25, 0.3) is 11.6 Å². The lowest BCUT2D eigenvalue weighted by atomic mass is 10.2. The number of halogens is 1. The highest BCUT2D eigenvalue weighted by atomic mass is 32.1. The van der Waals surface area contributed by atoms with Crippen molar-refractivity contribution >= 4 is 40.7 Å². The first-order valence-electron chi connectivity index (χ1n) is 7.00. The van der Waals surface area contributed by atoms with Crippen molar-refractivity contribution in [1.82, 2.24) is 10.9 Å². The van der Waals surface area contributed by atoms with E-state index in [1.165, 1.54) is 48.6 Å². The zero-order chi connectivity index (χ0) is 18.2. The van der Waals surface area contributed by atoms with E-state index in [0.29, 0.717) is 5.56 Å². The standard InChI is InChI=1S/C16H13FN4O3S/c17-13-6-1-2-7-14(13)18-16(25)20-19-15(22)9-8-11-4-3-5-12(10-11)21(23)24/h1-10H,(H,19,22)(H2,18,20,25)/b9-8+. The molecule has 0 aliphatic carbocycles. The molecule has 2 rings (SSSR count). The SMILES string of the molecule is O=C(/C=C/c1cccc([N+](=O)[O-])c1)NNC(=S)Nc1ccccc1F. The summed E-state index contributed by atoms with van der Waals surface area (Å²) in [5.74, 6) is -1.02. The summed E-state index contributed by atoms with van der Waals surface area (Å²) in [7, 11) is 0. The van der Waals surface area contributed by atoms with Crippen LogP contribution in [0, 0.1) is 15.9 Å². The molecule has 0 saturated carbocycles. The topological polar surface area (TPSA) is 96.3 Å². The lowest BCUT2D eigenvalue weighted by Crippen LogP contribution is -2.43. The van der Waals surface area contributed by atoms with Gasteiger partial charge >= 0.3 is 0 Å². The highest BCUT2D eigenvalue weighted by molar-refractivity contribution is 7.80. The molecule has 0 fully saturated rings. The number of amides is 1. The van der Waals surface area contributed by atoms with Crippen molar-refractivity contribution in [3.8, 4) is 0 Å². The summed E-state index contributed by atoms with van der Waals surface area (Å²) in [6.45, 7) is 0. The Kier molecular flexibility index (Phi) is 6.13. The van der Waals surface area contributed by atoms with Crippen LogP contribution in [0.15, 0.2) is 54.6 Å². The molecule has 0 spiro atoms. The monoisotopic (exact) mass is 360 g/mol. The second-order valence-electron chi connectivity index (χ2n) is 4.73. The molecule has 0 saturated heterocycles. The fourth-order valence-electron chi connectivity index (χ4n) is 1.79. The molecule has 2 aromatic carbocycles. The molecule has 0 atom stereocenters. The van der Waals surface area contributed by atoms with Gasteiger partial charge in [0.2, 0.25) is 0 Å². The molecule has 0 aliphatic rings. The molecule has 0 bridgehead atoms. The number of hydrogen-bond acceptors (Lipinski definition) is 4. The van der Waals surface area contributed by atoms with E-state index in [1.54, 1.807) is 12.1 Å². The molecule has 3 N–H and O–H groups in total. The van der Waals surface area contributed by atoms with Gasteiger partial charge in [0, 0.05) is 18.2 Å². The minimum Gasteiger partial charge on any atom is -0.329 e. The van der Waals surface area contributed by atoms with Crippen LogP contribution in [0.1, 0.15) is 5.56 Å². The number of hydrazine groups is 1. The first-order valence-corrected chi connectivity index (χ1v) is 7.40. The van der Waals surface area contributed by atoms with Crippen LogP contribution in [-0.2, 0) is 4.79 Å². The van der Waals surface area contributed by atoms with E-state index < -0.39 is 16.6 Å². The predicted molar refractivity (Wildman–Crippen MR) is 96.0 cm³/mol. The van der Waals surface area contributed by atoms with Gasteiger partial charge in [-0.2, -0.15) is 0 Å². The lowest BCUT2D eigenvalue weighted by Gasteiger charge is -2.10. The Bertz CT molecular complexity index is 842. The summed E-state index contributed by atoms with van der Waals surface area (Å²) < 4.78 is 13.5. The van der Waals surface area contributed by atoms with E-state index in [0.717, 1.165) is 0 Å². The number of thiocarbonyl (C=S) groups is 1. The number of nitrogens with one attached hydrogen (secondary N) is 3. The van der Waals surface area contributed by atoms with Crippen LogP contribution in [0.3, 0.4) is 0 Å². The van der Waals surface area contributed by atoms with E-state index in [9.17, 15) is 19.3 Å². The zero-order valence-electron chi connectivity index (χ0n) is 12.7. The predicted octanol–water partition coefficient (Wildman–Crippen LogP) is 2.76. The summed E-state index contributed by atoms with van der Waals surface area (Å²) in [6.07, 6.45) is 2.59. The number of anilines is 1. The minimum absolute atomic E-state index is 0.00204. The quantitative estimate of drug-likeness (QED) is 0.336. The van der Waals surface area contributed by atoms with Crippen molar-refractivity contribution in [1.29, 1.82) is 0 Å². The van der Waals surface area contributed by atoms with Gasteiger partial charge in [0.15, 0.2) is 5.11 Å². The Balaban J connectivity index is 1.86. The lowest BCUT2D eigenvalue weighted by molar-refractivity contribution is -0.384. The van der Waals surface area contributed by atoms with Gasteiger partial charge in [-0.15, -0.1) is 0 Å². The smallest absolute Gasteiger partial charge is 0.270 e. The van der Waals surface area contributed by atoms with E-state index >= 15 is 0 Å². The maximum atomic E-state index is 13.5. The van der Waals surface area contributed by atoms with Crippen LogP contribution in [0.5, 0.6) is 0 Å². The number of hydrogen-bond donors (Lipinski definition) is 3. The van der Waals surface area contributed by atoms with Gasteiger partial charge in [0.1, 0.15) is 5.82 Å². The number of nitro groups is 1. The highest BCUT2D eigenvalue weighted by Gasteiger charge is 2.05. The van der Waals surface area contributed by atoms with E-state index in [2.05, 4.69) is 16.2 Å². The normalized spacial score (nSPS) is 10.3. The van der Waals surface area contributed by atoms with Crippen molar-refractivity contribution < 1.29 is 14.1 Å². The molecular formula is C16H13FN4O3S. The molecule has 2 aromatic rings. The second-order valence-corrected chi connectivity index (χ2v) is 5.14. The van der Waals surface area contributed by atoms with Gasteiger partial charge in [-0.05, 0) is 36.0 Å². The van der Waals surface area contributed by atoms with Crippen LogP contribution < -0.4 is 16.2 Å². The van der Waals surface area contributed by atoms with Crippen LogP contribution in [0.2, 0.25) is 0 Å². The molecule has 128 valence electrons. The number of nitro benzene ring substituents is 1. The van der Waals surface area contributed by atoms with Gasteiger partial charge in [0.05, 0.1) is 10.6 Å². The molecule has 0 unspecified atom stereocenters. The zero-order valence-corrected chi connectivity index (χ0v) is 13.5. The van der Waals surface area contributed by atoms with Gasteiger partial charge < -0.3 is 5.32 Å². The summed E-state index contributed by atoms with van der Waals surface area (Å²) in [5, 5.41) is 13.3. The number of rotatable bonds is 4. The van der Waals surface area contributed by atoms with Crippen LogP contribution in [-0.4, -0.2) is 15.9 Å². The van der Waals surface area contributed by atoms with E-state index in [4.69, 9.17) is 12.2 Å². The summed E-state index contributed by atoms with van der Waals surface area (Å²) in [6, 6.07) is 11.8. The van der Waals surface area contributed by atoms with Gasteiger partial charge in [-0.1, -0.05) is 24.3 Å². The van der Waals surface area contributed by atoms with Gasteiger partial charge in [-0.3, -0.25) is 25.8 Å². The highest BCUT2D eigenvalue weighted by Crippen LogP contribution is 2.14. The van der Waals surface area contributed by atoms with E-state index in [-0.39, 0.29) is 16.5 Å². The third-order valence-electron chi connectivity index (χ3n) is 2.93. The largest absolute Gasteiger partial charge is 0.329 e. The van der Waals surface area contributed by atoms with Crippen molar-refractivity contribution in [3.63, 3.8) is 0 Å². The maximum Gasteiger partial charge on any atom is 0.270 e. The van der Waals surface area contributed by atoms with Crippen molar-refractivity contribution in [2.45, 2.75) is 0 Å². The van der Waals surface area contributed by atoms with Crippen molar-refractivity contribution in [3.05, 3.63) is 76.1 Å². The second kappa shape index (κ2) is 8.50. The summed E-state index contributed by atoms with van der Waals surface area (Å²) in [4.78, 5) is 21.9. The van der Waals surface area contributed by atoms with E-state index in [1.807, 2.05) is 0 Å². The first kappa shape index (κ1) is 18.0. The van der Waals surface area contributed by atoms with Crippen LogP contribution in [0.4, 0.5) is 15.8 Å². The summed E-state index contributed by atoms with van der Waals surface area (Å²) in [5.41, 5.74) is 5.30. The minimum atomic E-state index is -0.538. The Morgan fingerprint density at radius 1 is 1.16 bits per heavy atom. The molecule has 1 amide bonds. The molecule has 0 aromatic heterocycles. The number of para-hydroxylation sites is 1. The third-order valence-corrected chi connectivity index (χ3v) is 3.13. The Labute approximate surface area is 147 Å². The molecule has 0 aliphatic heterocycles. The number of benzene rings is 2. The van der Waals surface area contributed by atoms with Crippen LogP contribution >= 0.6 is 12.2 Å².